The van der Waals surface area contributed by atoms with Gasteiger partial charge in [-0.15, -0.1) is 11.3 Å². The van der Waals surface area contributed by atoms with Crippen molar-refractivity contribution >= 4 is 35.0 Å². The van der Waals surface area contributed by atoms with E-state index < -0.39 is 29.6 Å². The fourth-order valence-corrected chi connectivity index (χ4v) is 6.86. The molecule has 1 aliphatic heterocycles. The summed E-state index contributed by atoms with van der Waals surface area (Å²) in [4.78, 5) is 57.8. The van der Waals surface area contributed by atoms with E-state index in [1.165, 1.54) is 4.90 Å². The van der Waals surface area contributed by atoms with Crippen LogP contribution in [0.3, 0.4) is 0 Å². The maximum Gasteiger partial charge on any atom is 0.303 e. The molecule has 1 saturated heterocycles. The second kappa shape index (κ2) is 18.3. The Morgan fingerprint density at radius 3 is 2.04 bits per heavy atom. The molecule has 0 aliphatic carbocycles. The molecule has 4 atom stereocenters. The van der Waals surface area contributed by atoms with E-state index in [4.69, 9.17) is 5.11 Å². The van der Waals surface area contributed by atoms with Gasteiger partial charge in [0.1, 0.15) is 12.1 Å². The standard InChI is InChI=1S/C36H54N4O6S/c1-24(26-17-19-27(20-18-26)32-25(2)37-23-47-32)38-34(45)29-21-28(41)22-40(29)35(46)33(36(3,4)5)39-30(42)15-13-11-9-7-6-8-10-12-14-16-31(43)44/h17-20,23-24,28-29,33,41H,6-16,21-22H2,1-5H3,(H,38,45)(H,39,42)(H,43,44)/t24?,28-,29+,33?/m1/s1. The SMILES string of the molecule is Cc1ncsc1-c1ccc(C(C)NC(=O)[C@@H]2C[C@@H](O)CN2C(=O)C(NC(=O)CCCCCCCCCCCC(=O)O)C(C)(C)C)cc1. The third-order valence-electron chi connectivity index (χ3n) is 8.85. The lowest BCUT2D eigenvalue weighted by Gasteiger charge is -2.35. The van der Waals surface area contributed by atoms with Crippen LogP contribution in [-0.4, -0.2) is 68.5 Å². The number of aliphatic carboxylic acids is 1. The van der Waals surface area contributed by atoms with Crippen LogP contribution >= 0.6 is 11.3 Å². The average molecular weight is 671 g/mol. The molecule has 0 radical (unpaired) electrons. The van der Waals surface area contributed by atoms with Crippen LogP contribution in [0.5, 0.6) is 0 Å². The van der Waals surface area contributed by atoms with Crippen molar-refractivity contribution in [2.45, 2.75) is 136 Å². The zero-order valence-electron chi connectivity index (χ0n) is 28.7. The largest absolute Gasteiger partial charge is 0.481 e. The van der Waals surface area contributed by atoms with E-state index in [-0.39, 0.29) is 43.1 Å². The van der Waals surface area contributed by atoms with Gasteiger partial charge in [0, 0.05) is 25.8 Å². The number of carboxylic acid groups (broad SMARTS) is 1. The van der Waals surface area contributed by atoms with Gasteiger partial charge in [0.25, 0.3) is 0 Å². The smallest absolute Gasteiger partial charge is 0.303 e. The molecule has 0 bridgehead atoms. The molecule has 11 heteroatoms. The van der Waals surface area contributed by atoms with Gasteiger partial charge < -0.3 is 25.7 Å². The van der Waals surface area contributed by atoms with E-state index >= 15 is 0 Å². The minimum Gasteiger partial charge on any atom is -0.481 e. The Bertz CT molecular complexity index is 1320. The molecule has 3 amide bonds. The van der Waals surface area contributed by atoms with Crippen LogP contribution in [0.2, 0.25) is 0 Å². The lowest BCUT2D eigenvalue weighted by atomic mass is 9.85. The summed E-state index contributed by atoms with van der Waals surface area (Å²) in [5.41, 5.74) is 4.19. The predicted molar refractivity (Wildman–Crippen MR) is 185 cm³/mol. The molecule has 10 nitrogen and oxygen atoms in total. The minimum atomic E-state index is -0.836. The summed E-state index contributed by atoms with van der Waals surface area (Å²) < 4.78 is 0. The van der Waals surface area contributed by atoms with Gasteiger partial charge >= 0.3 is 5.97 Å². The molecule has 1 fully saturated rings. The van der Waals surface area contributed by atoms with E-state index in [9.17, 15) is 24.3 Å². The minimum absolute atomic E-state index is 0.0379. The number of nitrogens with zero attached hydrogens (tertiary/aromatic N) is 2. The molecule has 0 saturated carbocycles. The number of β-amino-alcohol motifs (C(OH)–C–C–N with tert-alkyl or cyclic N) is 1. The topological polar surface area (TPSA) is 149 Å². The van der Waals surface area contributed by atoms with Gasteiger partial charge in [0.2, 0.25) is 17.7 Å². The molecule has 1 aromatic carbocycles. The van der Waals surface area contributed by atoms with Crippen molar-refractivity contribution in [3.05, 3.63) is 41.0 Å². The van der Waals surface area contributed by atoms with E-state index in [2.05, 4.69) is 15.6 Å². The number of likely N-dealkylation sites (tertiary alicyclic amines) is 1. The van der Waals surface area contributed by atoms with Crippen molar-refractivity contribution in [2.24, 2.45) is 5.41 Å². The Morgan fingerprint density at radius 2 is 1.51 bits per heavy atom. The number of rotatable bonds is 18. The highest BCUT2D eigenvalue weighted by molar-refractivity contribution is 7.13. The first-order valence-electron chi connectivity index (χ1n) is 17.1. The van der Waals surface area contributed by atoms with Gasteiger partial charge in [-0.2, -0.15) is 0 Å². The number of aliphatic hydroxyl groups is 1. The van der Waals surface area contributed by atoms with Crippen molar-refractivity contribution < 1.29 is 29.4 Å². The van der Waals surface area contributed by atoms with Crippen molar-refractivity contribution in [3.63, 3.8) is 0 Å². The molecule has 1 aromatic heterocycles. The van der Waals surface area contributed by atoms with Crippen LogP contribution in [0.25, 0.3) is 10.4 Å². The molecule has 4 N–H and O–H groups in total. The third kappa shape index (κ3) is 12.0. The zero-order chi connectivity index (χ0) is 34.6. The summed E-state index contributed by atoms with van der Waals surface area (Å²) in [6.45, 7) is 9.57. The predicted octanol–water partition coefficient (Wildman–Crippen LogP) is 6.16. The second-order valence-electron chi connectivity index (χ2n) is 14.0. The fourth-order valence-electron chi connectivity index (χ4n) is 6.05. The van der Waals surface area contributed by atoms with E-state index in [0.29, 0.717) is 6.42 Å². The number of amides is 3. The first kappa shape index (κ1) is 38.1. The molecular formula is C36H54N4O6S. The summed E-state index contributed by atoms with van der Waals surface area (Å²) in [6.07, 6.45) is 8.57. The number of aryl methyl sites for hydroxylation is 1. The van der Waals surface area contributed by atoms with E-state index in [0.717, 1.165) is 79.5 Å². The number of unbranched alkanes of at least 4 members (excludes halogenated alkanes) is 8. The summed E-state index contributed by atoms with van der Waals surface area (Å²) in [5.74, 6) is -1.62. The molecule has 47 heavy (non-hydrogen) atoms. The maximum absolute atomic E-state index is 13.9. The number of aromatic nitrogens is 1. The lowest BCUT2D eigenvalue weighted by Crippen LogP contribution is -2.57. The monoisotopic (exact) mass is 670 g/mol. The van der Waals surface area contributed by atoms with E-state index in [1.807, 2.05) is 64.4 Å². The number of hydrogen-bond acceptors (Lipinski definition) is 7. The Hall–Kier alpha value is -3.31. The van der Waals surface area contributed by atoms with Gasteiger partial charge in [0.05, 0.1) is 28.2 Å². The van der Waals surface area contributed by atoms with Crippen molar-refractivity contribution in [1.29, 1.82) is 0 Å². The van der Waals surface area contributed by atoms with Gasteiger partial charge in [-0.25, -0.2) is 4.98 Å². The third-order valence-corrected chi connectivity index (χ3v) is 9.83. The Morgan fingerprint density at radius 1 is 0.936 bits per heavy atom. The number of aliphatic hydroxyl groups excluding tert-OH is 1. The summed E-state index contributed by atoms with van der Waals surface area (Å²) >= 11 is 1.58. The van der Waals surface area contributed by atoms with Crippen LogP contribution < -0.4 is 10.6 Å². The van der Waals surface area contributed by atoms with Crippen molar-refractivity contribution in [3.8, 4) is 10.4 Å². The van der Waals surface area contributed by atoms with Crippen LogP contribution in [0.15, 0.2) is 29.8 Å². The first-order valence-corrected chi connectivity index (χ1v) is 18.0. The number of benzene rings is 1. The quantitative estimate of drug-likeness (QED) is 0.139. The van der Waals surface area contributed by atoms with Gasteiger partial charge in [-0.3, -0.25) is 19.2 Å². The molecular weight excluding hydrogens is 616 g/mol. The number of carboxylic acids is 1. The molecule has 3 rings (SSSR count). The van der Waals surface area contributed by atoms with Crippen LogP contribution in [0, 0.1) is 12.3 Å². The highest BCUT2D eigenvalue weighted by atomic mass is 32.1. The number of hydrogen-bond donors (Lipinski definition) is 4. The van der Waals surface area contributed by atoms with Crippen LogP contribution in [0.4, 0.5) is 0 Å². The summed E-state index contributed by atoms with van der Waals surface area (Å²) in [5, 5.41) is 25.2. The molecule has 1 aliphatic rings. The first-order chi connectivity index (χ1) is 22.3. The highest BCUT2D eigenvalue weighted by Crippen LogP contribution is 2.29. The number of nitrogens with one attached hydrogen (secondary N) is 2. The van der Waals surface area contributed by atoms with Crippen molar-refractivity contribution in [2.75, 3.05) is 6.54 Å². The van der Waals surface area contributed by atoms with E-state index in [1.54, 1.807) is 11.3 Å². The normalized spacial score (nSPS) is 17.7. The maximum atomic E-state index is 13.9. The highest BCUT2D eigenvalue weighted by Gasteiger charge is 2.44. The lowest BCUT2D eigenvalue weighted by molar-refractivity contribution is -0.144. The molecule has 260 valence electrons. The molecule has 2 heterocycles. The fraction of sp³-hybridized carbons (Fsp3) is 0.639. The van der Waals surface area contributed by atoms with Gasteiger partial charge in [-0.05, 0) is 43.2 Å². The number of thiazole rings is 1. The van der Waals surface area contributed by atoms with Gasteiger partial charge in [-0.1, -0.05) is 90.0 Å². The molecule has 2 unspecified atom stereocenters. The zero-order valence-corrected chi connectivity index (χ0v) is 29.5. The Kier molecular flexibility index (Phi) is 14.8. The van der Waals surface area contributed by atoms with Crippen LogP contribution in [-0.2, 0) is 19.2 Å². The number of carbonyl (C=O) groups excluding carboxylic acids is 3. The van der Waals surface area contributed by atoms with Crippen LogP contribution in [0.1, 0.15) is 122 Å². The molecule has 2 aromatic rings. The number of carbonyl (C=O) groups is 4. The second-order valence-corrected chi connectivity index (χ2v) is 14.8. The summed E-state index contributed by atoms with van der Waals surface area (Å²) in [7, 11) is 0. The molecule has 0 spiro atoms. The summed E-state index contributed by atoms with van der Waals surface area (Å²) in [6, 6.07) is 6.00. The van der Waals surface area contributed by atoms with Gasteiger partial charge in [0.15, 0.2) is 0 Å². The Labute approximate surface area is 283 Å². The Balaban J connectivity index is 1.49. The van der Waals surface area contributed by atoms with Crippen molar-refractivity contribution in [1.82, 2.24) is 20.5 Å². The average Bonchev–Trinajstić information content (AvgIpc) is 3.62.